The van der Waals surface area contributed by atoms with Crippen LogP contribution in [0.2, 0.25) is 0 Å². The van der Waals surface area contributed by atoms with E-state index in [0.717, 1.165) is 28.5 Å². The number of nitrogens with zero attached hydrogens (tertiary/aromatic N) is 1. The molecule has 180 valence electrons. The molecule has 9 heteroatoms. The molecule has 4 rings (SSSR count). The molecule has 0 aliphatic carbocycles. The summed E-state index contributed by atoms with van der Waals surface area (Å²) in [5.74, 6) is -1.08. The number of ether oxygens (including phenoxy) is 1. The highest BCUT2D eigenvalue weighted by atomic mass is 32.2. The number of para-hydroxylation sites is 1. The Balaban J connectivity index is 1.57. The molecule has 2 atom stereocenters. The van der Waals surface area contributed by atoms with Gasteiger partial charge < -0.3 is 15.0 Å². The molecule has 1 aromatic heterocycles. The van der Waals surface area contributed by atoms with E-state index in [4.69, 9.17) is 4.74 Å². The lowest BCUT2D eigenvalue weighted by Gasteiger charge is -2.34. The Kier molecular flexibility index (Phi) is 7.04. The van der Waals surface area contributed by atoms with Gasteiger partial charge in [-0.3, -0.25) is 4.79 Å². The third kappa shape index (κ3) is 4.85. The number of sulfonamides is 1. The predicted molar refractivity (Wildman–Crippen MR) is 129 cm³/mol. The number of aromatic nitrogens is 1. The van der Waals surface area contributed by atoms with Gasteiger partial charge in [-0.2, -0.15) is 4.31 Å². The standard InChI is InChI=1S/C25H29N3O5S/c1-17-10-12-19(13-11-17)34(31,32)28-14-6-5-9-23(28)24(29)27-22(25(30)33-2)15-18-16-26-21-8-4-3-7-20(18)21/h3-4,7-8,10-13,16,22-23,26H,5-6,9,14-15H2,1-2H3,(H,27,29)/t22-,23+/m1/s1. The largest absolute Gasteiger partial charge is 0.467 e. The molecule has 3 aromatic rings. The number of amides is 1. The number of nitrogens with one attached hydrogen (secondary N) is 2. The number of piperidine rings is 1. The van der Waals surface area contributed by atoms with E-state index in [-0.39, 0.29) is 17.9 Å². The van der Waals surface area contributed by atoms with Crippen molar-refractivity contribution in [2.75, 3.05) is 13.7 Å². The van der Waals surface area contributed by atoms with Crippen LogP contribution in [0.5, 0.6) is 0 Å². The van der Waals surface area contributed by atoms with E-state index in [2.05, 4.69) is 10.3 Å². The monoisotopic (exact) mass is 483 g/mol. The Morgan fingerprint density at radius 3 is 2.62 bits per heavy atom. The first-order valence-electron chi connectivity index (χ1n) is 11.3. The van der Waals surface area contributed by atoms with Crippen LogP contribution < -0.4 is 5.32 Å². The molecule has 1 amide bonds. The van der Waals surface area contributed by atoms with Crippen LogP contribution in [-0.2, 0) is 30.8 Å². The lowest BCUT2D eigenvalue weighted by Crippen LogP contribution is -2.55. The molecule has 1 saturated heterocycles. The van der Waals surface area contributed by atoms with Crippen LogP contribution in [-0.4, -0.2) is 55.3 Å². The molecule has 0 saturated carbocycles. The fraction of sp³-hybridized carbons (Fsp3) is 0.360. The maximum atomic E-state index is 13.3. The van der Waals surface area contributed by atoms with Crippen molar-refractivity contribution >= 4 is 32.8 Å². The number of fused-ring (bicyclic) bond motifs is 1. The van der Waals surface area contributed by atoms with E-state index >= 15 is 0 Å². The van der Waals surface area contributed by atoms with Gasteiger partial charge in [0.15, 0.2) is 0 Å². The number of aryl methyl sites for hydroxylation is 1. The van der Waals surface area contributed by atoms with Crippen LogP contribution in [0.15, 0.2) is 59.6 Å². The van der Waals surface area contributed by atoms with Crippen molar-refractivity contribution < 1.29 is 22.7 Å². The van der Waals surface area contributed by atoms with Gasteiger partial charge in [0.25, 0.3) is 0 Å². The van der Waals surface area contributed by atoms with E-state index in [9.17, 15) is 18.0 Å². The summed E-state index contributed by atoms with van der Waals surface area (Å²) in [5, 5.41) is 3.72. The Morgan fingerprint density at radius 2 is 1.88 bits per heavy atom. The zero-order valence-corrected chi connectivity index (χ0v) is 20.1. The molecular formula is C25H29N3O5S. The van der Waals surface area contributed by atoms with Gasteiger partial charge in [-0.15, -0.1) is 0 Å². The van der Waals surface area contributed by atoms with Gasteiger partial charge in [-0.25, -0.2) is 13.2 Å². The summed E-state index contributed by atoms with van der Waals surface area (Å²) in [4.78, 5) is 29.2. The number of hydrogen-bond donors (Lipinski definition) is 2. The molecule has 2 aromatic carbocycles. The van der Waals surface area contributed by atoms with Crippen LogP contribution in [0, 0.1) is 6.92 Å². The maximum Gasteiger partial charge on any atom is 0.328 e. The number of methoxy groups -OCH3 is 1. The van der Waals surface area contributed by atoms with Crippen molar-refractivity contribution in [1.29, 1.82) is 0 Å². The van der Waals surface area contributed by atoms with Gasteiger partial charge in [0.2, 0.25) is 15.9 Å². The minimum absolute atomic E-state index is 0.154. The van der Waals surface area contributed by atoms with Crippen molar-refractivity contribution in [3.8, 4) is 0 Å². The number of carbonyl (C=O) groups is 2. The summed E-state index contributed by atoms with van der Waals surface area (Å²) in [6.45, 7) is 2.13. The molecule has 2 N–H and O–H groups in total. The molecule has 1 aliphatic heterocycles. The molecule has 2 heterocycles. The van der Waals surface area contributed by atoms with Crippen molar-refractivity contribution in [3.63, 3.8) is 0 Å². The van der Waals surface area contributed by atoms with Crippen LogP contribution in [0.3, 0.4) is 0 Å². The van der Waals surface area contributed by atoms with Crippen LogP contribution in [0.4, 0.5) is 0 Å². The average molecular weight is 484 g/mol. The molecule has 1 aliphatic rings. The summed E-state index contributed by atoms with van der Waals surface area (Å²) in [6.07, 6.45) is 3.81. The third-order valence-electron chi connectivity index (χ3n) is 6.29. The first-order chi connectivity index (χ1) is 16.3. The van der Waals surface area contributed by atoms with E-state index in [1.807, 2.05) is 37.4 Å². The van der Waals surface area contributed by atoms with Crippen molar-refractivity contribution in [1.82, 2.24) is 14.6 Å². The zero-order valence-electron chi connectivity index (χ0n) is 19.3. The normalized spacial score (nSPS) is 17.9. The Morgan fingerprint density at radius 1 is 1.15 bits per heavy atom. The summed E-state index contributed by atoms with van der Waals surface area (Å²) >= 11 is 0. The highest BCUT2D eigenvalue weighted by molar-refractivity contribution is 7.89. The first-order valence-corrected chi connectivity index (χ1v) is 12.8. The number of aromatic amines is 1. The Bertz CT molecular complexity index is 1280. The molecule has 0 unspecified atom stereocenters. The average Bonchev–Trinajstić information content (AvgIpc) is 3.26. The minimum Gasteiger partial charge on any atom is -0.467 e. The highest BCUT2D eigenvalue weighted by Crippen LogP contribution is 2.26. The van der Waals surface area contributed by atoms with Crippen LogP contribution >= 0.6 is 0 Å². The van der Waals surface area contributed by atoms with Crippen LogP contribution in [0.25, 0.3) is 10.9 Å². The molecule has 1 fully saturated rings. The molecule has 8 nitrogen and oxygen atoms in total. The Labute approximate surface area is 199 Å². The second kappa shape index (κ2) is 9.99. The molecule has 0 radical (unpaired) electrons. The van der Waals surface area contributed by atoms with Crippen LogP contribution in [0.1, 0.15) is 30.4 Å². The first kappa shape index (κ1) is 24.0. The van der Waals surface area contributed by atoms with Gasteiger partial charge in [-0.1, -0.05) is 42.3 Å². The smallest absolute Gasteiger partial charge is 0.328 e. The summed E-state index contributed by atoms with van der Waals surface area (Å²) in [6, 6.07) is 12.4. The van der Waals surface area contributed by atoms with Gasteiger partial charge in [0, 0.05) is 30.1 Å². The fourth-order valence-electron chi connectivity index (χ4n) is 4.42. The third-order valence-corrected chi connectivity index (χ3v) is 8.21. The van der Waals surface area contributed by atoms with E-state index in [1.165, 1.54) is 11.4 Å². The number of esters is 1. The number of hydrogen-bond acceptors (Lipinski definition) is 5. The minimum atomic E-state index is -3.86. The summed E-state index contributed by atoms with van der Waals surface area (Å²) in [5.41, 5.74) is 2.74. The van der Waals surface area contributed by atoms with Gasteiger partial charge in [0.05, 0.1) is 12.0 Å². The fourth-order valence-corrected chi connectivity index (χ4v) is 6.08. The molecular weight excluding hydrogens is 454 g/mol. The summed E-state index contributed by atoms with van der Waals surface area (Å²) in [7, 11) is -2.59. The number of benzene rings is 2. The lowest BCUT2D eigenvalue weighted by molar-refractivity contribution is -0.145. The zero-order chi connectivity index (χ0) is 24.3. The molecule has 0 bridgehead atoms. The SMILES string of the molecule is COC(=O)[C@@H](Cc1c[nH]c2ccccc12)NC(=O)[C@@H]1CCCCN1S(=O)(=O)c1ccc(C)cc1. The van der Waals surface area contributed by atoms with Gasteiger partial charge in [0.1, 0.15) is 12.1 Å². The van der Waals surface area contributed by atoms with E-state index in [1.54, 1.807) is 24.3 Å². The molecule has 0 spiro atoms. The van der Waals surface area contributed by atoms with Crippen molar-refractivity contribution in [2.45, 2.75) is 49.6 Å². The number of carbonyl (C=O) groups excluding carboxylic acids is 2. The molecule has 34 heavy (non-hydrogen) atoms. The lowest BCUT2D eigenvalue weighted by atomic mass is 10.0. The second-order valence-corrected chi connectivity index (χ2v) is 10.5. The number of rotatable bonds is 7. The quantitative estimate of drug-likeness (QED) is 0.503. The predicted octanol–water partition coefficient (Wildman–Crippen LogP) is 2.92. The highest BCUT2D eigenvalue weighted by Gasteiger charge is 2.39. The van der Waals surface area contributed by atoms with Gasteiger partial charge >= 0.3 is 5.97 Å². The second-order valence-electron chi connectivity index (χ2n) is 8.59. The van der Waals surface area contributed by atoms with Crippen molar-refractivity contribution in [2.24, 2.45) is 0 Å². The van der Waals surface area contributed by atoms with E-state index in [0.29, 0.717) is 12.8 Å². The number of H-pyrrole nitrogens is 1. The van der Waals surface area contributed by atoms with Crippen molar-refractivity contribution in [3.05, 3.63) is 65.9 Å². The summed E-state index contributed by atoms with van der Waals surface area (Å²) < 4.78 is 32.9. The van der Waals surface area contributed by atoms with E-state index < -0.39 is 34.0 Å². The Hall–Kier alpha value is -3.17. The maximum absolute atomic E-state index is 13.3. The van der Waals surface area contributed by atoms with Gasteiger partial charge in [-0.05, 0) is 43.5 Å². The topological polar surface area (TPSA) is 109 Å².